The number of aromatic nitrogens is 4. The highest BCUT2D eigenvalue weighted by atomic mass is 16.6. The van der Waals surface area contributed by atoms with Crippen LogP contribution in [0.1, 0.15) is 31.4 Å². The van der Waals surface area contributed by atoms with Crippen molar-refractivity contribution in [3.63, 3.8) is 0 Å². The first kappa shape index (κ1) is 22.2. The molecule has 0 aromatic heterocycles. The van der Waals surface area contributed by atoms with Crippen LogP contribution in [0.25, 0.3) is 22.6 Å². The Kier molecular flexibility index (Phi) is 6.21. The van der Waals surface area contributed by atoms with Gasteiger partial charge in [-0.05, 0) is 56.9 Å². The Hall–Kier alpha value is -4.01. The van der Waals surface area contributed by atoms with Crippen LogP contribution in [0.15, 0.2) is 52.1 Å². The zero-order valence-electron chi connectivity index (χ0n) is 18.7. The molecule has 2 aromatic rings. The van der Waals surface area contributed by atoms with Crippen molar-refractivity contribution < 1.29 is 9.53 Å². The maximum Gasteiger partial charge on any atom is 0.411 e. The number of rotatable bonds is 6. The van der Waals surface area contributed by atoms with E-state index in [1.165, 1.54) is 5.56 Å². The average Bonchev–Trinajstić information content (AvgIpc) is 2.75. The molecule has 0 fully saturated rings. The molecule has 4 rings (SSSR count). The number of ether oxygens (including phenoxy) is 1. The number of hydrogen-bond acceptors (Lipinski definition) is 6. The fourth-order valence-corrected chi connectivity index (χ4v) is 3.75. The molecule has 2 aliphatic rings. The fraction of sp³-hybridized carbons (Fsp3) is 0.292. The van der Waals surface area contributed by atoms with Gasteiger partial charge in [0, 0.05) is 12.2 Å². The van der Waals surface area contributed by atoms with Crippen LogP contribution in [0.4, 0.5) is 10.5 Å². The molecule has 9 nitrogen and oxygen atoms in total. The Labute approximate surface area is 189 Å². The van der Waals surface area contributed by atoms with E-state index in [0.717, 1.165) is 18.4 Å². The Bertz CT molecular complexity index is 1390. The molecule has 2 aromatic carbocycles. The van der Waals surface area contributed by atoms with Crippen LogP contribution in [-0.2, 0) is 17.7 Å². The second-order valence-electron chi connectivity index (χ2n) is 8.13. The van der Waals surface area contributed by atoms with Gasteiger partial charge in [0.05, 0.1) is 17.1 Å². The van der Waals surface area contributed by atoms with Crippen LogP contribution in [0.5, 0.6) is 0 Å². The molecule has 170 valence electrons. The van der Waals surface area contributed by atoms with Gasteiger partial charge in [-0.3, -0.25) is 15.1 Å². The summed E-state index contributed by atoms with van der Waals surface area (Å²) < 4.78 is 7.01. The molecule has 2 heterocycles. The van der Waals surface area contributed by atoms with Gasteiger partial charge in [-0.2, -0.15) is 4.98 Å². The summed E-state index contributed by atoms with van der Waals surface area (Å²) in [6.45, 7) is 5.87. The van der Waals surface area contributed by atoms with Crippen LogP contribution in [0.3, 0.4) is 0 Å². The van der Waals surface area contributed by atoms with Gasteiger partial charge in [-0.1, -0.05) is 30.3 Å². The van der Waals surface area contributed by atoms with E-state index in [0.29, 0.717) is 23.3 Å². The van der Waals surface area contributed by atoms with Gasteiger partial charge >= 0.3 is 11.8 Å². The van der Waals surface area contributed by atoms with Crippen molar-refractivity contribution >= 4 is 22.8 Å². The lowest BCUT2D eigenvalue weighted by molar-refractivity contribution is 0.130. The molecule has 0 spiro atoms. The number of carbonyl (C=O) groups excluding carboxylic acids is 1. The summed E-state index contributed by atoms with van der Waals surface area (Å²) in [5.41, 5.74) is 2.51. The van der Waals surface area contributed by atoms with Crippen molar-refractivity contribution in [2.45, 2.75) is 46.3 Å². The van der Waals surface area contributed by atoms with Crippen molar-refractivity contribution in [2.24, 2.45) is 0 Å². The molecular formula is C24H25N5O4. The monoisotopic (exact) mass is 447 g/mol. The summed E-state index contributed by atoms with van der Waals surface area (Å²) >= 11 is 0. The van der Waals surface area contributed by atoms with E-state index in [2.05, 4.69) is 32.4 Å². The minimum Gasteiger partial charge on any atom is -0.447 e. The molecule has 0 saturated heterocycles. The first-order valence-corrected chi connectivity index (χ1v) is 10.8. The van der Waals surface area contributed by atoms with Crippen LogP contribution >= 0.6 is 0 Å². The van der Waals surface area contributed by atoms with Gasteiger partial charge in [0.15, 0.2) is 11.5 Å². The minimum atomic E-state index is -0.726. The van der Waals surface area contributed by atoms with Crippen molar-refractivity contribution in [1.82, 2.24) is 19.5 Å². The molecule has 0 bridgehead atoms. The van der Waals surface area contributed by atoms with E-state index in [1.807, 2.05) is 29.7 Å². The quantitative estimate of drug-likeness (QED) is 0.437. The molecular weight excluding hydrogens is 422 g/mol. The lowest BCUT2D eigenvalue weighted by Crippen LogP contribution is -2.29. The highest BCUT2D eigenvalue weighted by Crippen LogP contribution is 2.27. The summed E-state index contributed by atoms with van der Waals surface area (Å²) in [4.78, 5) is 47.3. The first-order chi connectivity index (χ1) is 15.8. The van der Waals surface area contributed by atoms with Gasteiger partial charge < -0.3 is 9.30 Å². The van der Waals surface area contributed by atoms with Crippen molar-refractivity contribution in [1.29, 1.82) is 0 Å². The van der Waals surface area contributed by atoms with Crippen molar-refractivity contribution in [3.8, 4) is 11.5 Å². The Balaban J connectivity index is 1.80. The van der Waals surface area contributed by atoms with E-state index in [4.69, 9.17) is 4.74 Å². The fourth-order valence-electron chi connectivity index (χ4n) is 3.75. The molecule has 0 atom stereocenters. The molecule has 0 saturated carbocycles. The van der Waals surface area contributed by atoms with Gasteiger partial charge in [-0.25, -0.2) is 14.6 Å². The SMILES string of the molecule is Cc1cc2nc3c(=O)[nH]c(=O)nc-3n(CCCc3ccccc3)c2cc1NC(=O)OC(C)C. The van der Waals surface area contributed by atoms with Crippen LogP contribution in [0.2, 0.25) is 0 Å². The van der Waals surface area contributed by atoms with E-state index in [9.17, 15) is 14.4 Å². The number of nitrogens with zero attached hydrogens (tertiary/aromatic N) is 3. The van der Waals surface area contributed by atoms with Crippen molar-refractivity contribution in [2.75, 3.05) is 5.32 Å². The average molecular weight is 447 g/mol. The molecule has 1 amide bonds. The maximum atomic E-state index is 12.4. The lowest BCUT2D eigenvalue weighted by atomic mass is 10.1. The summed E-state index contributed by atoms with van der Waals surface area (Å²) in [5, 5.41) is 2.76. The van der Waals surface area contributed by atoms with E-state index in [1.54, 1.807) is 26.0 Å². The van der Waals surface area contributed by atoms with Crippen molar-refractivity contribution in [3.05, 3.63) is 74.4 Å². The van der Waals surface area contributed by atoms with E-state index < -0.39 is 17.3 Å². The van der Waals surface area contributed by atoms with Crippen LogP contribution in [0, 0.1) is 6.92 Å². The topological polar surface area (TPSA) is 119 Å². The molecule has 2 N–H and O–H groups in total. The minimum absolute atomic E-state index is 0.0983. The smallest absolute Gasteiger partial charge is 0.411 e. The highest BCUT2D eigenvalue weighted by Gasteiger charge is 2.20. The number of amides is 1. The molecule has 0 aliphatic carbocycles. The Morgan fingerprint density at radius 1 is 1.15 bits per heavy atom. The number of carbonyl (C=O) groups is 1. The number of fused-ring (bicyclic) bond motifs is 2. The molecule has 33 heavy (non-hydrogen) atoms. The number of benzene rings is 2. The molecule has 2 aliphatic heterocycles. The predicted octanol–water partition coefficient (Wildman–Crippen LogP) is 3.48. The van der Waals surface area contributed by atoms with Crippen LogP contribution in [-0.4, -0.2) is 31.7 Å². The predicted molar refractivity (Wildman–Crippen MR) is 126 cm³/mol. The summed E-state index contributed by atoms with van der Waals surface area (Å²) in [5.74, 6) is 0.212. The Morgan fingerprint density at radius 2 is 1.91 bits per heavy atom. The second kappa shape index (κ2) is 9.23. The summed E-state index contributed by atoms with van der Waals surface area (Å²) in [6, 6.07) is 13.6. The van der Waals surface area contributed by atoms with Gasteiger partial charge in [0.2, 0.25) is 0 Å². The summed E-state index contributed by atoms with van der Waals surface area (Å²) in [6.07, 6.45) is 0.737. The van der Waals surface area contributed by atoms with E-state index in [-0.39, 0.29) is 17.6 Å². The molecule has 0 unspecified atom stereocenters. The number of nitrogens with one attached hydrogen (secondary N) is 2. The normalized spacial score (nSPS) is 11.3. The van der Waals surface area contributed by atoms with Gasteiger partial charge in [-0.15, -0.1) is 0 Å². The largest absolute Gasteiger partial charge is 0.447 e. The zero-order valence-corrected chi connectivity index (χ0v) is 18.7. The number of aryl methyl sites for hydroxylation is 3. The first-order valence-electron chi connectivity index (χ1n) is 10.8. The van der Waals surface area contributed by atoms with E-state index >= 15 is 0 Å². The molecule has 0 radical (unpaired) electrons. The summed E-state index contributed by atoms with van der Waals surface area (Å²) in [7, 11) is 0. The Morgan fingerprint density at radius 3 is 2.64 bits per heavy atom. The third kappa shape index (κ3) is 4.92. The number of H-pyrrole nitrogens is 1. The number of anilines is 1. The van der Waals surface area contributed by atoms with Gasteiger partial charge in [0.25, 0.3) is 5.56 Å². The number of aromatic amines is 1. The number of hydrogen-bond donors (Lipinski definition) is 2. The maximum absolute atomic E-state index is 12.4. The molecule has 9 heteroatoms. The second-order valence-corrected chi connectivity index (χ2v) is 8.13. The zero-order chi connectivity index (χ0) is 23.5. The lowest BCUT2D eigenvalue weighted by Gasteiger charge is -2.19. The third-order valence-corrected chi connectivity index (χ3v) is 5.22. The highest BCUT2D eigenvalue weighted by molar-refractivity contribution is 5.91. The standard InChI is InChI=1S/C24H25N5O4/c1-14(2)33-24(32)26-17-13-19-18(12-15(17)3)25-20-21(27-23(31)28-22(20)30)29(19)11-7-10-16-8-5-4-6-9-16/h4-6,8-9,12-14H,7,10-11H2,1-3H3,(H,26,32)(H,28,30,31). The van der Waals surface area contributed by atoms with Gasteiger partial charge in [0.1, 0.15) is 0 Å². The van der Waals surface area contributed by atoms with Crippen LogP contribution < -0.4 is 16.6 Å². The third-order valence-electron chi connectivity index (χ3n) is 5.22.